The van der Waals surface area contributed by atoms with E-state index in [1.165, 1.54) is 7.11 Å². The monoisotopic (exact) mass is 471 g/mol. The molecule has 0 unspecified atom stereocenters. The molecule has 4 N–H and O–H groups in total. The lowest BCUT2D eigenvalue weighted by Gasteiger charge is -2.24. The fourth-order valence-corrected chi connectivity index (χ4v) is 2.87. The molecule has 34 heavy (non-hydrogen) atoms. The largest absolute Gasteiger partial charge is 0.494 e. The highest BCUT2D eigenvalue weighted by Gasteiger charge is 2.26. The zero-order valence-corrected chi connectivity index (χ0v) is 20.0. The topological polar surface area (TPSA) is 121 Å². The Morgan fingerprint density at radius 3 is 2.29 bits per heavy atom. The molecule has 0 aromatic heterocycles. The molecular formula is C24H33N5O5. The van der Waals surface area contributed by atoms with Gasteiger partial charge in [0, 0.05) is 13.1 Å². The first-order chi connectivity index (χ1) is 16.3. The number of hydrogen-bond donors (Lipinski definition) is 4. The summed E-state index contributed by atoms with van der Waals surface area (Å²) in [6.07, 6.45) is 0.914. The number of hydrogen-bond acceptors (Lipinski definition) is 7. The van der Waals surface area contributed by atoms with Crippen molar-refractivity contribution in [1.82, 2.24) is 21.2 Å². The van der Waals surface area contributed by atoms with Crippen LogP contribution in [0.3, 0.4) is 0 Å². The minimum Gasteiger partial charge on any atom is -0.494 e. The number of esters is 1. The number of carbonyl (C=O) groups is 3. The molecule has 0 aliphatic carbocycles. The number of aryl methyl sites for hydroxylation is 1. The lowest BCUT2D eigenvalue weighted by atomic mass is 10.1. The molecule has 0 spiro atoms. The normalized spacial score (nSPS) is 11.2. The van der Waals surface area contributed by atoms with Crippen LogP contribution in [0.15, 0.2) is 48.5 Å². The number of urea groups is 2. The molecule has 2 aromatic carbocycles. The van der Waals surface area contributed by atoms with E-state index in [-0.39, 0.29) is 13.1 Å². The average molecular weight is 472 g/mol. The molecule has 0 heterocycles. The number of methoxy groups -OCH3 is 1. The Kier molecular flexibility index (Phi) is 10.7. The van der Waals surface area contributed by atoms with Gasteiger partial charge < -0.3 is 20.2 Å². The number of amides is 4. The molecule has 2 rings (SSSR count). The highest BCUT2D eigenvalue weighted by atomic mass is 16.5. The second kappa shape index (κ2) is 13.7. The van der Waals surface area contributed by atoms with Crippen molar-refractivity contribution in [1.29, 1.82) is 0 Å². The number of nitrogens with one attached hydrogen (secondary N) is 4. The van der Waals surface area contributed by atoms with Gasteiger partial charge in [0.2, 0.25) is 0 Å². The minimum atomic E-state index is -0.743. The third kappa shape index (κ3) is 8.62. The number of nitrogens with zero attached hydrogens (tertiary/aromatic N) is 1. The van der Waals surface area contributed by atoms with E-state index >= 15 is 0 Å². The van der Waals surface area contributed by atoms with Gasteiger partial charge >= 0.3 is 18.0 Å². The van der Waals surface area contributed by atoms with Gasteiger partial charge in [0.15, 0.2) is 0 Å². The second-order valence-corrected chi connectivity index (χ2v) is 7.73. The standard InChI is InChI=1S/C24H33N5O5/c1-5-14-34-21-12-10-20(11-13-21)26-28-27-24(32)29(16-18(3)22(30)33-4)23(31)25-15-19-8-6-17(2)7-9-19/h6-13,18,26,28H,5,14-16H2,1-4H3,(H,25,31)(H,27,32)/t18-/m0/s1. The van der Waals surface area contributed by atoms with E-state index in [2.05, 4.69) is 21.7 Å². The highest BCUT2D eigenvalue weighted by Crippen LogP contribution is 2.15. The SMILES string of the molecule is CCCOc1ccc(NNNC(=O)N(C[C@H](C)C(=O)OC)C(=O)NCc2ccc(C)cc2)cc1. The molecule has 0 bridgehead atoms. The maximum absolute atomic E-state index is 12.8. The minimum absolute atomic E-state index is 0.163. The number of rotatable bonds is 11. The second-order valence-electron chi connectivity index (χ2n) is 7.73. The number of anilines is 1. The van der Waals surface area contributed by atoms with Crippen molar-refractivity contribution in [2.45, 2.75) is 33.7 Å². The van der Waals surface area contributed by atoms with Crippen LogP contribution in [0.4, 0.5) is 15.3 Å². The number of benzene rings is 2. The van der Waals surface area contributed by atoms with Crippen molar-refractivity contribution in [3.8, 4) is 5.75 Å². The van der Waals surface area contributed by atoms with Gasteiger partial charge in [-0.3, -0.25) is 10.2 Å². The van der Waals surface area contributed by atoms with Gasteiger partial charge in [-0.15, -0.1) is 5.53 Å². The number of hydrazine groups is 2. The first-order valence-corrected chi connectivity index (χ1v) is 11.1. The van der Waals surface area contributed by atoms with Crippen LogP contribution in [0.5, 0.6) is 5.75 Å². The lowest BCUT2D eigenvalue weighted by molar-refractivity contribution is -0.144. The van der Waals surface area contributed by atoms with Crippen LogP contribution >= 0.6 is 0 Å². The molecule has 10 nitrogen and oxygen atoms in total. The van der Waals surface area contributed by atoms with Crippen LogP contribution < -0.4 is 26.4 Å². The van der Waals surface area contributed by atoms with E-state index in [4.69, 9.17) is 9.47 Å². The number of ether oxygens (including phenoxy) is 2. The van der Waals surface area contributed by atoms with Gasteiger partial charge in [-0.1, -0.05) is 43.7 Å². The first-order valence-electron chi connectivity index (χ1n) is 11.1. The van der Waals surface area contributed by atoms with Gasteiger partial charge in [-0.05, 0) is 43.2 Å². The van der Waals surface area contributed by atoms with Gasteiger partial charge in [0.05, 0.1) is 25.3 Å². The molecule has 1 atom stereocenters. The molecule has 2 aromatic rings. The van der Waals surface area contributed by atoms with Gasteiger partial charge in [0.1, 0.15) is 5.75 Å². The molecule has 4 amide bonds. The van der Waals surface area contributed by atoms with Crippen LogP contribution in [-0.2, 0) is 16.1 Å². The lowest BCUT2D eigenvalue weighted by Crippen LogP contribution is -2.54. The summed E-state index contributed by atoms with van der Waals surface area (Å²) in [6.45, 7) is 6.27. The molecule has 0 aliphatic heterocycles. The third-order valence-corrected chi connectivity index (χ3v) is 4.82. The van der Waals surface area contributed by atoms with Crippen molar-refractivity contribution in [2.24, 2.45) is 5.92 Å². The smallest absolute Gasteiger partial charge is 0.341 e. The van der Waals surface area contributed by atoms with Gasteiger partial charge in [-0.2, -0.15) is 0 Å². The molecule has 0 saturated heterocycles. The summed E-state index contributed by atoms with van der Waals surface area (Å²) >= 11 is 0. The Morgan fingerprint density at radius 2 is 1.68 bits per heavy atom. The Hall–Kier alpha value is -3.79. The quantitative estimate of drug-likeness (QED) is 0.293. The van der Waals surface area contributed by atoms with Crippen molar-refractivity contribution in [2.75, 3.05) is 25.7 Å². The average Bonchev–Trinajstić information content (AvgIpc) is 2.85. The maximum atomic E-state index is 12.8. The number of carbonyl (C=O) groups excluding carboxylic acids is 3. The van der Waals surface area contributed by atoms with Crippen LogP contribution in [-0.4, -0.2) is 43.2 Å². The Morgan fingerprint density at radius 1 is 1.00 bits per heavy atom. The van der Waals surface area contributed by atoms with Crippen molar-refractivity contribution in [3.05, 3.63) is 59.7 Å². The van der Waals surface area contributed by atoms with Gasteiger partial charge in [0.25, 0.3) is 0 Å². The van der Waals surface area contributed by atoms with Crippen LogP contribution in [0.1, 0.15) is 31.4 Å². The molecular weight excluding hydrogens is 438 g/mol. The van der Waals surface area contributed by atoms with E-state index in [0.717, 1.165) is 28.2 Å². The predicted molar refractivity (Wildman–Crippen MR) is 129 cm³/mol. The fourth-order valence-electron chi connectivity index (χ4n) is 2.87. The zero-order valence-electron chi connectivity index (χ0n) is 20.0. The molecule has 0 radical (unpaired) electrons. The summed E-state index contributed by atoms with van der Waals surface area (Å²) < 4.78 is 10.2. The van der Waals surface area contributed by atoms with Crippen LogP contribution in [0.2, 0.25) is 0 Å². The number of imide groups is 1. The summed E-state index contributed by atoms with van der Waals surface area (Å²) in [5.74, 6) is -0.491. The molecule has 0 aliphatic rings. The molecule has 0 fully saturated rings. The Labute approximate surface area is 199 Å². The summed E-state index contributed by atoms with van der Waals surface area (Å²) in [5, 5.41) is 2.70. The van der Waals surface area contributed by atoms with E-state index in [9.17, 15) is 14.4 Å². The fraction of sp³-hybridized carbons (Fsp3) is 0.375. The van der Waals surface area contributed by atoms with Crippen molar-refractivity contribution in [3.63, 3.8) is 0 Å². The van der Waals surface area contributed by atoms with Crippen LogP contribution in [0, 0.1) is 12.8 Å². The molecule has 10 heteroatoms. The zero-order chi connectivity index (χ0) is 24.9. The van der Waals surface area contributed by atoms with Crippen LogP contribution in [0.25, 0.3) is 0 Å². The summed E-state index contributed by atoms with van der Waals surface area (Å²) in [5.41, 5.74) is 10.4. The summed E-state index contributed by atoms with van der Waals surface area (Å²) in [7, 11) is 1.25. The van der Waals surface area contributed by atoms with E-state index in [0.29, 0.717) is 12.3 Å². The van der Waals surface area contributed by atoms with E-state index < -0.39 is 23.9 Å². The van der Waals surface area contributed by atoms with Gasteiger partial charge in [-0.25, -0.2) is 14.5 Å². The predicted octanol–water partition coefficient (Wildman–Crippen LogP) is 3.35. The first kappa shape index (κ1) is 26.5. The van der Waals surface area contributed by atoms with E-state index in [1.807, 2.05) is 38.1 Å². The van der Waals surface area contributed by atoms with Crippen molar-refractivity contribution >= 4 is 23.7 Å². The maximum Gasteiger partial charge on any atom is 0.341 e. The van der Waals surface area contributed by atoms with Crippen molar-refractivity contribution < 1.29 is 23.9 Å². The molecule has 0 saturated carbocycles. The Balaban J connectivity index is 1.95. The highest BCUT2D eigenvalue weighted by molar-refractivity contribution is 5.93. The third-order valence-electron chi connectivity index (χ3n) is 4.82. The summed E-state index contributed by atoms with van der Waals surface area (Å²) in [6, 6.07) is 13.4. The molecule has 184 valence electrons. The van der Waals surface area contributed by atoms with E-state index in [1.54, 1.807) is 31.2 Å². The Bertz CT molecular complexity index is 934. The summed E-state index contributed by atoms with van der Waals surface area (Å²) in [4.78, 5) is 38.3.